The van der Waals surface area contributed by atoms with Crippen LogP contribution in [-0.4, -0.2) is 44.8 Å². The van der Waals surface area contributed by atoms with Gasteiger partial charge in [0, 0.05) is 34.8 Å². The third kappa shape index (κ3) is 7.69. The average molecular weight is 841 g/mol. The van der Waals surface area contributed by atoms with Crippen LogP contribution in [0.2, 0.25) is 0 Å². The first-order valence-corrected chi connectivity index (χ1v) is 21.9. The van der Waals surface area contributed by atoms with E-state index in [2.05, 4.69) is 66.7 Å². The zero-order chi connectivity index (χ0) is 42.0. The van der Waals surface area contributed by atoms with Crippen molar-refractivity contribution in [2.45, 2.75) is 35.0 Å². The minimum Gasteiger partial charge on any atom is -0.480 e. The maximum Gasteiger partial charge on any atom is 0.329 e. The van der Waals surface area contributed by atoms with Crippen LogP contribution < -0.4 is 11.1 Å². The van der Waals surface area contributed by atoms with Crippen molar-refractivity contribution in [1.82, 2.24) is 9.13 Å². The Morgan fingerprint density at radius 2 is 0.967 bits per heavy atom. The molecule has 0 aliphatic carbocycles. The van der Waals surface area contributed by atoms with Gasteiger partial charge in [0.2, 0.25) is 0 Å². The lowest BCUT2D eigenvalue weighted by atomic mass is 9.93. The number of carbonyl (C=O) groups is 2. The number of carbonyl (C=O) groups excluding carboxylic acids is 1. The Hall–Kier alpha value is -6.62. The fraction of sp³-hybridized carbons (Fsp3) is 0.137. The Kier molecular flexibility index (Phi) is 11.2. The summed E-state index contributed by atoms with van der Waals surface area (Å²) >= 11 is 3.00. The highest BCUT2D eigenvalue weighted by Gasteiger charge is 2.35. The zero-order valence-electron chi connectivity index (χ0n) is 33.2. The standard InChI is InChI=1S/C26H21NO3S.C25H19NO3S/c1-30-26(29)22-16-31-25-24(18-9-3-2-4-10-18)20(15-23(28)27(22)25)14-19-12-7-11-17-8-5-6-13-21(17)19;27-22-14-19(13-18-11-6-10-16-7-4-5-12-20(16)18)23(17-8-2-1-3-9-17)24-26(22)21(15-30-24)25(28)29/h2-13,15,22H,14,16H2,1H3;1-12,14,21H,13,15H2,(H,28,29)/t22-;21-/m00/s1. The second-order valence-electron chi connectivity index (χ2n) is 15.0. The topological polar surface area (TPSA) is 108 Å². The molecule has 8 nitrogen and oxygen atoms in total. The van der Waals surface area contributed by atoms with Gasteiger partial charge in [-0.3, -0.25) is 18.7 Å². The SMILES string of the molecule is COC(=O)[C@@H]1CSc2c(-c3ccccc3)c(Cc3cccc4ccccc34)cc(=O)n21.O=C(O)[C@@H]1CSc2c(-c3ccccc3)c(Cc3cccc4ccccc34)cc(=O)n21. The number of esters is 1. The van der Waals surface area contributed by atoms with Crippen LogP contribution in [0.25, 0.3) is 43.8 Å². The predicted molar refractivity (Wildman–Crippen MR) is 245 cm³/mol. The van der Waals surface area contributed by atoms with E-state index >= 15 is 0 Å². The van der Waals surface area contributed by atoms with E-state index in [1.54, 1.807) is 28.5 Å². The van der Waals surface area contributed by atoms with Crippen molar-refractivity contribution in [3.8, 4) is 22.3 Å². The molecule has 2 aromatic heterocycles. The van der Waals surface area contributed by atoms with E-state index in [1.807, 2.05) is 78.9 Å². The molecule has 0 spiro atoms. The third-order valence-corrected chi connectivity index (χ3v) is 13.7. The minimum atomic E-state index is -0.968. The summed E-state index contributed by atoms with van der Waals surface area (Å²) in [7, 11) is 1.36. The van der Waals surface area contributed by atoms with E-state index in [-0.39, 0.29) is 17.1 Å². The summed E-state index contributed by atoms with van der Waals surface area (Å²) in [6.07, 6.45) is 1.24. The summed E-state index contributed by atoms with van der Waals surface area (Å²) in [4.78, 5) is 50.1. The molecule has 0 amide bonds. The molecular weight excluding hydrogens is 801 g/mol. The highest BCUT2D eigenvalue weighted by molar-refractivity contribution is 7.99. The summed E-state index contributed by atoms with van der Waals surface area (Å²) in [5.41, 5.74) is 7.81. The maximum atomic E-state index is 13.1. The summed E-state index contributed by atoms with van der Waals surface area (Å²) in [6, 6.07) is 50.9. The first kappa shape index (κ1) is 39.8. The monoisotopic (exact) mass is 840 g/mol. The molecule has 10 heteroatoms. The number of ether oxygens (including phenoxy) is 1. The Morgan fingerprint density at radius 1 is 0.557 bits per heavy atom. The van der Waals surface area contributed by atoms with Crippen LogP contribution in [0.5, 0.6) is 0 Å². The second-order valence-corrected chi connectivity index (χ2v) is 17.0. The number of benzene rings is 6. The maximum absolute atomic E-state index is 13.1. The van der Waals surface area contributed by atoms with Crippen molar-refractivity contribution in [2.24, 2.45) is 0 Å². The molecule has 2 aliphatic rings. The minimum absolute atomic E-state index is 0.162. The number of carboxylic acids is 1. The summed E-state index contributed by atoms with van der Waals surface area (Å²) in [6.45, 7) is 0. The van der Waals surface area contributed by atoms with Gasteiger partial charge in [-0.15, -0.1) is 23.5 Å². The number of pyridine rings is 2. The van der Waals surface area contributed by atoms with Gasteiger partial charge in [0.05, 0.1) is 17.2 Å². The molecule has 0 radical (unpaired) electrons. The summed E-state index contributed by atoms with van der Waals surface area (Å²) in [5.74, 6) is -0.486. The van der Waals surface area contributed by atoms with Crippen molar-refractivity contribution < 1.29 is 19.4 Å². The molecule has 0 unspecified atom stereocenters. The van der Waals surface area contributed by atoms with Crippen LogP contribution in [0.15, 0.2) is 177 Å². The molecule has 0 fully saturated rings. The lowest BCUT2D eigenvalue weighted by Crippen LogP contribution is -2.30. The van der Waals surface area contributed by atoms with E-state index in [1.165, 1.54) is 39.8 Å². The Balaban J connectivity index is 0.000000156. The van der Waals surface area contributed by atoms with Crippen molar-refractivity contribution in [3.05, 3.63) is 201 Å². The molecule has 61 heavy (non-hydrogen) atoms. The number of thioether (sulfide) groups is 2. The van der Waals surface area contributed by atoms with E-state index < -0.39 is 18.1 Å². The van der Waals surface area contributed by atoms with Crippen molar-refractivity contribution in [2.75, 3.05) is 18.6 Å². The molecule has 1 N–H and O–H groups in total. The number of methoxy groups -OCH3 is 1. The smallest absolute Gasteiger partial charge is 0.329 e. The lowest BCUT2D eigenvalue weighted by molar-refractivity contribution is -0.144. The van der Waals surface area contributed by atoms with E-state index in [4.69, 9.17) is 4.74 Å². The Morgan fingerprint density at radius 3 is 1.43 bits per heavy atom. The number of nitrogens with zero attached hydrogens (tertiary/aromatic N) is 2. The number of hydrogen-bond acceptors (Lipinski definition) is 7. The molecule has 0 saturated carbocycles. The number of fused-ring (bicyclic) bond motifs is 4. The van der Waals surface area contributed by atoms with Gasteiger partial charge >= 0.3 is 11.9 Å². The van der Waals surface area contributed by atoms with Gasteiger partial charge < -0.3 is 9.84 Å². The molecule has 0 bridgehead atoms. The highest BCUT2D eigenvalue weighted by Crippen LogP contribution is 2.43. The van der Waals surface area contributed by atoms with Gasteiger partial charge in [0.1, 0.15) is 12.1 Å². The molecule has 0 saturated heterocycles. The first-order valence-electron chi connectivity index (χ1n) is 20.0. The second kappa shape index (κ2) is 17.2. The number of aromatic nitrogens is 2. The van der Waals surface area contributed by atoms with Gasteiger partial charge in [0.25, 0.3) is 11.1 Å². The van der Waals surface area contributed by atoms with Crippen LogP contribution in [0.3, 0.4) is 0 Å². The largest absolute Gasteiger partial charge is 0.480 e. The van der Waals surface area contributed by atoms with Crippen LogP contribution in [-0.2, 0) is 27.2 Å². The first-order chi connectivity index (χ1) is 29.8. The van der Waals surface area contributed by atoms with Crippen molar-refractivity contribution in [1.29, 1.82) is 0 Å². The fourth-order valence-electron chi connectivity index (χ4n) is 8.54. The normalized spacial score (nSPS) is 15.2. The van der Waals surface area contributed by atoms with Gasteiger partial charge in [0.15, 0.2) is 0 Å². The molecule has 2 atom stereocenters. The number of aliphatic carboxylic acids is 1. The molecule has 6 aromatic carbocycles. The van der Waals surface area contributed by atoms with Gasteiger partial charge in [-0.2, -0.15) is 0 Å². The molecule has 8 aromatic rings. The number of hydrogen-bond donors (Lipinski definition) is 1. The zero-order valence-corrected chi connectivity index (χ0v) is 34.8. The summed E-state index contributed by atoms with van der Waals surface area (Å²) in [5, 5.41) is 15.9. The number of rotatable bonds is 8. The van der Waals surface area contributed by atoms with Crippen molar-refractivity contribution in [3.63, 3.8) is 0 Å². The van der Waals surface area contributed by atoms with Crippen molar-refractivity contribution >= 4 is 57.0 Å². The van der Waals surface area contributed by atoms with Crippen LogP contribution >= 0.6 is 23.5 Å². The molecule has 2 aliphatic heterocycles. The third-order valence-electron chi connectivity index (χ3n) is 11.4. The number of carboxylic acid groups (broad SMARTS) is 1. The van der Waals surface area contributed by atoms with E-state index in [0.717, 1.165) is 59.8 Å². The quantitative estimate of drug-likeness (QED) is 0.151. The van der Waals surface area contributed by atoms with Gasteiger partial charge in [-0.25, -0.2) is 9.59 Å². The lowest BCUT2D eigenvalue weighted by Gasteiger charge is -2.18. The molecular formula is C51H40N2O6S2. The van der Waals surface area contributed by atoms with Gasteiger partial charge in [-0.1, -0.05) is 146 Å². The van der Waals surface area contributed by atoms with Gasteiger partial charge in [-0.05, 0) is 67.8 Å². The van der Waals surface area contributed by atoms with E-state index in [9.17, 15) is 24.3 Å². The van der Waals surface area contributed by atoms with Crippen LogP contribution in [0, 0.1) is 0 Å². The summed E-state index contributed by atoms with van der Waals surface area (Å²) < 4.78 is 8.00. The predicted octanol–water partition coefficient (Wildman–Crippen LogP) is 10.1. The fourth-order valence-corrected chi connectivity index (χ4v) is 11.2. The Labute approximate surface area is 360 Å². The highest BCUT2D eigenvalue weighted by atomic mass is 32.2. The Bertz CT molecular complexity index is 3080. The van der Waals surface area contributed by atoms with Crippen LogP contribution in [0.1, 0.15) is 34.3 Å². The molecule has 4 heterocycles. The molecule has 10 rings (SSSR count). The van der Waals surface area contributed by atoms with Crippen LogP contribution in [0.4, 0.5) is 0 Å². The molecule has 302 valence electrons. The van der Waals surface area contributed by atoms with E-state index in [0.29, 0.717) is 24.3 Å². The average Bonchev–Trinajstić information content (AvgIpc) is 3.95.